The Morgan fingerprint density at radius 1 is 1.06 bits per heavy atom. The maximum absolute atomic E-state index is 13.7. The van der Waals surface area contributed by atoms with E-state index in [1.54, 1.807) is 24.7 Å². The number of amides is 1. The number of nitrogens with one attached hydrogen (secondary N) is 3. The Hall–Kier alpha value is -3.47. The topological polar surface area (TPSA) is 121 Å². The van der Waals surface area contributed by atoms with Gasteiger partial charge in [-0.3, -0.25) is 20.2 Å². The second-order valence-corrected chi connectivity index (χ2v) is 9.98. The van der Waals surface area contributed by atoms with Gasteiger partial charge >= 0.3 is 0 Å². The second kappa shape index (κ2) is 9.53. The van der Waals surface area contributed by atoms with E-state index >= 15 is 0 Å². The highest BCUT2D eigenvalue weighted by molar-refractivity contribution is 5.95. The summed E-state index contributed by atoms with van der Waals surface area (Å²) in [5.74, 6) is 0.793. The molecule has 4 unspecified atom stereocenters. The van der Waals surface area contributed by atoms with Crippen molar-refractivity contribution in [3.05, 3.63) is 66.6 Å². The zero-order chi connectivity index (χ0) is 24.6. The molecule has 36 heavy (non-hydrogen) atoms. The van der Waals surface area contributed by atoms with Gasteiger partial charge in [0.2, 0.25) is 5.91 Å². The van der Waals surface area contributed by atoms with E-state index in [0.717, 1.165) is 49.4 Å². The van der Waals surface area contributed by atoms with Crippen LogP contribution in [-0.4, -0.2) is 52.1 Å². The molecule has 4 atom stereocenters. The van der Waals surface area contributed by atoms with Crippen LogP contribution in [0.4, 0.5) is 15.9 Å². The van der Waals surface area contributed by atoms with Crippen LogP contribution < -0.4 is 26.8 Å². The van der Waals surface area contributed by atoms with Crippen LogP contribution in [-0.2, 0) is 4.79 Å². The highest BCUT2D eigenvalue weighted by Gasteiger charge is 2.44. The van der Waals surface area contributed by atoms with Gasteiger partial charge in [0.15, 0.2) is 0 Å². The monoisotopic (exact) mass is 488 g/mol. The van der Waals surface area contributed by atoms with Gasteiger partial charge < -0.3 is 16.0 Å². The zero-order valence-electron chi connectivity index (χ0n) is 19.8. The van der Waals surface area contributed by atoms with E-state index in [1.807, 2.05) is 18.3 Å². The normalized spacial score (nSPS) is 25.8. The van der Waals surface area contributed by atoms with Crippen LogP contribution in [0.5, 0.6) is 0 Å². The summed E-state index contributed by atoms with van der Waals surface area (Å²) >= 11 is 0. The lowest BCUT2D eigenvalue weighted by molar-refractivity contribution is -0.119. The minimum absolute atomic E-state index is 0.117. The van der Waals surface area contributed by atoms with E-state index in [1.165, 1.54) is 12.1 Å². The van der Waals surface area contributed by atoms with Crippen molar-refractivity contribution in [3.8, 4) is 11.1 Å². The van der Waals surface area contributed by atoms with Gasteiger partial charge in [-0.25, -0.2) is 14.8 Å². The molecule has 0 radical (unpaired) electrons. The molecule has 0 bridgehead atoms. The van der Waals surface area contributed by atoms with Gasteiger partial charge in [0.1, 0.15) is 17.7 Å². The molecule has 1 aliphatic carbocycles. The number of benzene rings is 1. The van der Waals surface area contributed by atoms with Crippen LogP contribution in [0.15, 0.2) is 55.1 Å². The second-order valence-electron chi connectivity index (χ2n) is 9.98. The van der Waals surface area contributed by atoms with Crippen LogP contribution in [0.1, 0.15) is 30.9 Å². The summed E-state index contributed by atoms with van der Waals surface area (Å²) in [6.45, 7) is 1.61. The lowest BCUT2D eigenvalue weighted by atomic mass is 9.74. The summed E-state index contributed by atoms with van der Waals surface area (Å²) in [6, 6.07) is 8.16. The highest BCUT2D eigenvalue weighted by Crippen LogP contribution is 2.39. The molecule has 10 heteroatoms. The highest BCUT2D eigenvalue weighted by atomic mass is 19.1. The van der Waals surface area contributed by atoms with Gasteiger partial charge in [-0.2, -0.15) is 0 Å². The van der Waals surface area contributed by atoms with Gasteiger partial charge in [0.25, 0.3) is 0 Å². The molecule has 3 aromatic rings. The molecule has 1 amide bonds. The first kappa shape index (κ1) is 23.0. The maximum atomic E-state index is 13.7. The molecule has 1 aromatic carbocycles. The fourth-order valence-corrected chi connectivity index (χ4v) is 5.56. The van der Waals surface area contributed by atoms with Crippen molar-refractivity contribution in [1.82, 2.24) is 25.8 Å². The van der Waals surface area contributed by atoms with Crippen molar-refractivity contribution in [1.29, 1.82) is 0 Å². The number of aromatic nitrogens is 3. The van der Waals surface area contributed by atoms with E-state index < -0.39 is 0 Å². The number of hydrogen-bond donors (Lipinski definition) is 4. The van der Waals surface area contributed by atoms with E-state index in [0.29, 0.717) is 11.3 Å². The van der Waals surface area contributed by atoms with E-state index in [4.69, 9.17) is 10.7 Å². The maximum Gasteiger partial charge on any atom is 0.243 e. The van der Waals surface area contributed by atoms with Crippen molar-refractivity contribution < 1.29 is 9.18 Å². The first-order valence-electron chi connectivity index (χ1n) is 12.4. The van der Waals surface area contributed by atoms with Crippen LogP contribution in [0, 0.1) is 11.7 Å². The minimum Gasteiger partial charge on any atom is -0.352 e. The third kappa shape index (κ3) is 4.55. The molecule has 3 aliphatic rings. The summed E-state index contributed by atoms with van der Waals surface area (Å²) in [7, 11) is 0. The Kier molecular flexibility index (Phi) is 6.08. The van der Waals surface area contributed by atoms with Gasteiger partial charge in [0, 0.05) is 55.0 Å². The Balaban J connectivity index is 1.14. The van der Waals surface area contributed by atoms with Crippen molar-refractivity contribution in [2.75, 3.05) is 23.3 Å². The molecule has 1 saturated carbocycles. The van der Waals surface area contributed by atoms with E-state index in [9.17, 15) is 9.18 Å². The first-order valence-corrected chi connectivity index (χ1v) is 12.4. The number of hydrogen-bond acceptors (Lipinski definition) is 8. The molecule has 6 rings (SSSR count). The molecule has 186 valence electrons. The number of nitrogens with zero attached hydrogens (tertiary/aromatic N) is 4. The number of fused-ring (bicyclic) bond motifs is 1. The van der Waals surface area contributed by atoms with E-state index in [2.05, 4.69) is 31.0 Å². The Bertz CT molecular complexity index is 1270. The average Bonchev–Trinajstić information content (AvgIpc) is 3.31. The van der Waals surface area contributed by atoms with Crippen molar-refractivity contribution in [3.63, 3.8) is 0 Å². The van der Waals surface area contributed by atoms with Gasteiger partial charge in [-0.1, -0.05) is 12.1 Å². The predicted molar refractivity (Wildman–Crippen MR) is 134 cm³/mol. The SMILES string of the molecule is NC1CN(c2cncc(C3CCC4NNC(C(=O)Nc5cncc(-c6cccc(F)c6)c5)C4C3)n2)C1. The molecule has 2 aliphatic heterocycles. The Labute approximate surface area is 208 Å². The number of halogens is 1. The predicted octanol–water partition coefficient (Wildman–Crippen LogP) is 2.19. The molecule has 2 saturated heterocycles. The zero-order valence-corrected chi connectivity index (χ0v) is 19.8. The fraction of sp³-hybridized carbons (Fsp3) is 0.385. The summed E-state index contributed by atoms with van der Waals surface area (Å²) < 4.78 is 13.7. The lowest BCUT2D eigenvalue weighted by Crippen LogP contribution is -2.56. The summed E-state index contributed by atoms with van der Waals surface area (Å²) in [4.78, 5) is 29.0. The van der Waals surface area contributed by atoms with Crippen LogP contribution in [0.25, 0.3) is 11.1 Å². The van der Waals surface area contributed by atoms with E-state index in [-0.39, 0.29) is 41.7 Å². The van der Waals surface area contributed by atoms with Crippen molar-refractivity contribution in [2.24, 2.45) is 11.7 Å². The van der Waals surface area contributed by atoms with Gasteiger partial charge in [0.05, 0.1) is 23.8 Å². The van der Waals surface area contributed by atoms with Crippen molar-refractivity contribution >= 4 is 17.4 Å². The number of carbonyl (C=O) groups excluding carboxylic acids is 1. The fourth-order valence-electron chi connectivity index (χ4n) is 5.56. The molecule has 2 aromatic heterocycles. The number of pyridine rings is 1. The standard InChI is InChI=1S/C26H29FN8O/c27-18-3-1-2-15(6-18)17-7-20(10-29-9-17)31-26(36)25-21-8-16(4-5-22(21)33-34-25)23-11-30-12-24(32-23)35-13-19(28)14-35/h1-3,6-7,9-12,16,19,21-22,25,33-34H,4-5,8,13-14,28H2,(H,31,36). The Morgan fingerprint density at radius 3 is 2.75 bits per heavy atom. The molecular weight excluding hydrogens is 459 g/mol. The molecule has 5 N–H and O–H groups in total. The number of anilines is 2. The smallest absolute Gasteiger partial charge is 0.243 e. The molecule has 3 fully saturated rings. The number of nitrogens with two attached hydrogens (primary N) is 1. The molecular formula is C26H29FN8O. The van der Waals surface area contributed by atoms with Gasteiger partial charge in [-0.05, 0) is 43.0 Å². The quantitative estimate of drug-likeness (QED) is 0.431. The number of rotatable bonds is 5. The van der Waals surface area contributed by atoms with Crippen LogP contribution in [0.3, 0.4) is 0 Å². The first-order chi connectivity index (χ1) is 17.5. The minimum atomic E-state index is -0.389. The summed E-state index contributed by atoms with van der Waals surface area (Å²) in [6.07, 6.45) is 9.68. The third-order valence-electron chi connectivity index (χ3n) is 7.49. The number of carbonyl (C=O) groups is 1. The number of hydrazine groups is 1. The van der Waals surface area contributed by atoms with Crippen LogP contribution in [0.2, 0.25) is 0 Å². The largest absolute Gasteiger partial charge is 0.352 e. The van der Waals surface area contributed by atoms with Crippen molar-refractivity contribution in [2.45, 2.75) is 43.3 Å². The average molecular weight is 489 g/mol. The molecule has 0 spiro atoms. The van der Waals surface area contributed by atoms with Crippen LogP contribution >= 0.6 is 0 Å². The third-order valence-corrected chi connectivity index (χ3v) is 7.49. The lowest BCUT2D eigenvalue weighted by Gasteiger charge is -2.38. The van der Waals surface area contributed by atoms with Gasteiger partial charge in [-0.15, -0.1) is 0 Å². The summed E-state index contributed by atoms with van der Waals surface area (Å²) in [5.41, 5.74) is 15.4. The summed E-state index contributed by atoms with van der Waals surface area (Å²) in [5, 5.41) is 3.00. The molecule has 4 heterocycles. The molecule has 9 nitrogen and oxygen atoms in total. The Morgan fingerprint density at radius 2 is 1.92 bits per heavy atom.